The average molecular weight is 494 g/mol. The van der Waals surface area contributed by atoms with Crippen molar-refractivity contribution < 1.29 is 9.90 Å². The summed E-state index contributed by atoms with van der Waals surface area (Å²) >= 11 is 0. The van der Waals surface area contributed by atoms with E-state index in [9.17, 15) is 9.90 Å². The summed E-state index contributed by atoms with van der Waals surface area (Å²) in [6.45, 7) is 3.76. The molecule has 1 fully saturated rings. The van der Waals surface area contributed by atoms with Gasteiger partial charge in [-0.3, -0.25) is 4.79 Å². The van der Waals surface area contributed by atoms with Gasteiger partial charge in [-0.05, 0) is 42.0 Å². The highest BCUT2D eigenvalue weighted by Crippen LogP contribution is 2.32. The number of hydrogen-bond donors (Lipinski definition) is 1. The van der Waals surface area contributed by atoms with E-state index >= 15 is 0 Å². The number of para-hydroxylation sites is 1. The molecule has 190 valence electrons. The quantitative estimate of drug-likeness (QED) is 0.450. The Morgan fingerprint density at radius 2 is 1.46 bits per heavy atom. The van der Waals surface area contributed by atoms with E-state index in [2.05, 4.69) is 65.5 Å². The van der Waals surface area contributed by atoms with Gasteiger partial charge in [0, 0.05) is 43.8 Å². The second-order valence-electron chi connectivity index (χ2n) is 10.2. The third-order valence-corrected chi connectivity index (χ3v) is 7.43. The summed E-state index contributed by atoms with van der Waals surface area (Å²) in [6, 6.07) is 30.8. The molecule has 3 aromatic rings. The van der Waals surface area contributed by atoms with Gasteiger partial charge in [0.15, 0.2) is 0 Å². The van der Waals surface area contributed by atoms with Gasteiger partial charge in [-0.2, -0.15) is 0 Å². The molecular weight excluding hydrogens is 458 g/mol. The van der Waals surface area contributed by atoms with Crippen molar-refractivity contribution in [3.05, 3.63) is 121 Å². The molecule has 5 rings (SSSR count). The summed E-state index contributed by atoms with van der Waals surface area (Å²) in [7, 11) is 0. The van der Waals surface area contributed by atoms with Crippen LogP contribution in [0.4, 0.5) is 5.69 Å². The zero-order chi connectivity index (χ0) is 25.7. The first-order valence-electron chi connectivity index (χ1n) is 13.1. The van der Waals surface area contributed by atoms with Crippen LogP contribution in [-0.4, -0.2) is 46.0 Å². The summed E-state index contributed by atoms with van der Waals surface area (Å²) < 4.78 is 0. The van der Waals surface area contributed by atoms with Gasteiger partial charge in [0.25, 0.3) is 0 Å². The molecule has 0 bridgehead atoms. The van der Waals surface area contributed by atoms with Crippen molar-refractivity contribution in [2.75, 3.05) is 24.5 Å². The van der Waals surface area contributed by atoms with Crippen molar-refractivity contribution in [2.45, 2.75) is 37.7 Å². The van der Waals surface area contributed by atoms with Gasteiger partial charge in [0.2, 0.25) is 5.91 Å². The van der Waals surface area contributed by atoms with Gasteiger partial charge in [-0.1, -0.05) is 85.8 Å². The fourth-order valence-electron chi connectivity index (χ4n) is 5.19. The Labute approximate surface area is 219 Å². The van der Waals surface area contributed by atoms with Crippen LogP contribution in [0.15, 0.2) is 110 Å². The zero-order valence-electron chi connectivity index (χ0n) is 21.4. The van der Waals surface area contributed by atoms with Crippen LogP contribution < -0.4 is 4.90 Å². The molecule has 37 heavy (non-hydrogen) atoms. The highest BCUT2D eigenvalue weighted by atomic mass is 16.3. The molecule has 2 heterocycles. The molecule has 0 spiro atoms. The monoisotopic (exact) mass is 493 g/mol. The summed E-state index contributed by atoms with van der Waals surface area (Å²) in [5.41, 5.74) is 3.59. The first-order valence-corrected chi connectivity index (χ1v) is 13.1. The van der Waals surface area contributed by atoms with Crippen LogP contribution in [0, 0.1) is 0 Å². The van der Waals surface area contributed by atoms with Crippen molar-refractivity contribution in [2.24, 2.45) is 0 Å². The molecule has 1 saturated heterocycles. The maximum Gasteiger partial charge on any atom is 0.223 e. The van der Waals surface area contributed by atoms with E-state index in [4.69, 9.17) is 0 Å². The smallest absolute Gasteiger partial charge is 0.223 e. The van der Waals surface area contributed by atoms with E-state index in [0.717, 1.165) is 16.9 Å². The predicted molar refractivity (Wildman–Crippen MR) is 149 cm³/mol. The Bertz CT molecular complexity index is 1230. The predicted octanol–water partition coefficient (Wildman–Crippen LogP) is 5.83. The summed E-state index contributed by atoms with van der Waals surface area (Å²) in [4.78, 5) is 19.1. The van der Waals surface area contributed by atoms with Crippen LogP contribution in [0.3, 0.4) is 0 Å². The SMILES string of the molecule is CC(CC(=O)N1CCC(O)(CN2C=CN(c3ccccc3)C(c3ccccc3)=C2)CC1)c1ccccc1. The lowest BCUT2D eigenvalue weighted by molar-refractivity contribution is -0.136. The Morgan fingerprint density at radius 1 is 0.865 bits per heavy atom. The Balaban J connectivity index is 1.23. The van der Waals surface area contributed by atoms with E-state index in [0.29, 0.717) is 38.9 Å². The standard InChI is InChI=1S/C32H35N3O2/c1-26(27-11-5-2-6-12-27)23-31(36)34-19-17-32(37,18-20-34)25-33-21-22-35(29-15-9-4-10-16-29)30(24-33)28-13-7-3-8-14-28/h2-16,21-22,24,26,37H,17-20,23,25H2,1H3. The lowest BCUT2D eigenvalue weighted by Gasteiger charge is -2.41. The molecule has 3 aromatic carbocycles. The van der Waals surface area contributed by atoms with Crippen LogP contribution in [0.2, 0.25) is 0 Å². The molecule has 0 radical (unpaired) electrons. The maximum atomic E-state index is 13.0. The number of amides is 1. The maximum absolute atomic E-state index is 13.0. The molecule has 0 aliphatic carbocycles. The number of carbonyl (C=O) groups excluding carboxylic acids is 1. The molecule has 5 heteroatoms. The summed E-state index contributed by atoms with van der Waals surface area (Å²) in [5.74, 6) is 0.350. The lowest BCUT2D eigenvalue weighted by Crippen LogP contribution is -2.51. The minimum atomic E-state index is -0.848. The Kier molecular flexibility index (Phi) is 7.42. The highest BCUT2D eigenvalue weighted by molar-refractivity contribution is 5.82. The molecule has 5 nitrogen and oxygen atoms in total. The number of hydrogen-bond acceptors (Lipinski definition) is 4. The number of rotatable bonds is 7. The first kappa shape index (κ1) is 24.8. The number of likely N-dealkylation sites (tertiary alicyclic amines) is 1. The third-order valence-electron chi connectivity index (χ3n) is 7.43. The van der Waals surface area contributed by atoms with Crippen LogP contribution in [-0.2, 0) is 4.79 Å². The highest BCUT2D eigenvalue weighted by Gasteiger charge is 2.35. The zero-order valence-corrected chi connectivity index (χ0v) is 21.4. The molecule has 1 amide bonds. The van der Waals surface area contributed by atoms with Crippen molar-refractivity contribution >= 4 is 17.3 Å². The normalized spacial score (nSPS) is 17.9. The van der Waals surface area contributed by atoms with E-state index in [1.54, 1.807) is 0 Å². The molecule has 1 unspecified atom stereocenters. The van der Waals surface area contributed by atoms with Crippen LogP contribution in [0.25, 0.3) is 5.70 Å². The van der Waals surface area contributed by atoms with Crippen LogP contribution >= 0.6 is 0 Å². The molecule has 1 N–H and O–H groups in total. The fraction of sp³-hybridized carbons (Fsp3) is 0.281. The molecule has 2 aliphatic heterocycles. The second kappa shape index (κ2) is 11.1. The van der Waals surface area contributed by atoms with Crippen molar-refractivity contribution in [1.29, 1.82) is 0 Å². The van der Waals surface area contributed by atoms with Gasteiger partial charge in [-0.15, -0.1) is 0 Å². The van der Waals surface area contributed by atoms with Gasteiger partial charge in [0.1, 0.15) is 0 Å². The number of β-amino-alcohol motifs (C(OH)–C–C–N with tert-alkyl or cyclic N) is 1. The number of benzene rings is 3. The number of carbonyl (C=O) groups is 1. The number of anilines is 1. The van der Waals surface area contributed by atoms with E-state index in [1.165, 1.54) is 5.56 Å². The third kappa shape index (κ3) is 5.95. The summed E-state index contributed by atoms with van der Waals surface area (Å²) in [5, 5.41) is 11.5. The number of piperidine rings is 1. The van der Waals surface area contributed by atoms with E-state index < -0.39 is 5.60 Å². The van der Waals surface area contributed by atoms with E-state index in [1.807, 2.05) is 65.7 Å². The van der Waals surface area contributed by atoms with Crippen molar-refractivity contribution in [1.82, 2.24) is 9.80 Å². The topological polar surface area (TPSA) is 47.0 Å². The summed E-state index contributed by atoms with van der Waals surface area (Å²) in [6.07, 6.45) is 7.83. The number of aliphatic hydroxyl groups is 1. The average Bonchev–Trinajstić information content (AvgIpc) is 2.94. The Hall–Kier alpha value is -3.83. The molecule has 1 atom stereocenters. The minimum absolute atomic E-state index is 0.168. The van der Waals surface area contributed by atoms with Crippen molar-refractivity contribution in [3.63, 3.8) is 0 Å². The van der Waals surface area contributed by atoms with Crippen LogP contribution in [0.5, 0.6) is 0 Å². The lowest BCUT2D eigenvalue weighted by atomic mass is 9.90. The van der Waals surface area contributed by atoms with Gasteiger partial charge < -0.3 is 19.8 Å². The second-order valence-corrected chi connectivity index (χ2v) is 10.2. The Morgan fingerprint density at radius 3 is 2.11 bits per heavy atom. The molecular formula is C32H35N3O2. The number of nitrogens with zero attached hydrogens (tertiary/aromatic N) is 3. The fourth-order valence-corrected chi connectivity index (χ4v) is 5.19. The van der Waals surface area contributed by atoms with Gasteiger partial charge >= 0.3 is 0 Å². The van der Waals surface area contributed by atoms with Gasteiger partial charge in [-0.25, -0.2) is 0 Å². The van der Waals surface area contributed by atoms with Crippen molar-refractivity contribution in [3.8, 4) is 0 Å². The minimum Gasteiger partial charge on any atom is -0.388 e. The van der Waals surface area contributed by atoms with E-state index in [-0.39, 0.29) is 11.8 Å². The molecule has 2 aliphatic rings. The molecule has 0 aromatic heterocycles. The molecule has 0 saturated carbocycles. The largest absolute Gasteiger partial charge is 0.388 e. The van der Waals surface area contributed by atoms with Crippen LogP contribution in [0.1, 0.15) is 43.2 Å². The first-order chi connectivity index (χ1) is 18.0. The van der Waals surface area contributed by atoms with Gasteiger partial charge in [0.05, 0.1) is 17.8 Å².